The number of benzene rings is 1. The van der Waals surface area contributed by atoms with Crippen LogP contribution in [0.2, 0.25) is 0 Å². The van der Waals surface area contributed by atoms with Gasteiger partial charge in [-0.15, -0.1) is 0 Å². The molecule has 0 unspecified atom stereocenters. The number of pyridine rings is 1. The van der Waals surface area contributed by atoms with Crippen molar-refractivity contribution in [2.45, 2.75) is 13.8 Å². The highest BCUT2D eigenvalue weighted by Crippen LogP contribution is 2.19. The lowest BCUT2D eigenvalue weighted by molar-refractivity contribution is 0.0950. The minimum Gasteiger partial charge on any atom is -0.354 e. The molecule has 0 aliphatic carbocycles. The van der Waals surface area contributed by atoms with E-state index in [9.17, 15) is 4.79 Å². The van der Waals surface area contributed by atoms with Crippen molar-refractivity contribution in [1.29, 1.82) is 0 Å². The second-order valence-corrected chi connectivity index (χ2v) is 6.02. The lowest BCUT2D eigenvalue weighted by atomic mass is 10.1. The van der Waals surface area contributed by atoms with Gasteiger partial charge in [-0.2, -0.15) is 0 Å². The molecule has 0 aliphatic rings. The van der Waals surface area contributed by atoms with Crippen LogP contribution in [0.3, 0.4) is 0 Å². The quantitative estimate of drug-likeness (QED) is 0.861. The van der Waals surface area contributed by atoms with Gasteiger partial charge in [0.15, 0.2) is 0 Å². The van der Waals surface area contributed by atoms with Gasteiger partial charge in [-0.3, -0.25) is 9.78 Å². The minimum atomic E-state index is -0.108. The summed E-state index contributed by atoms with van der Waals surface area (Å²) >= 11 is 0. The summed E-state index contributed by atoms with van der Waals surface area (Å²) in [5.41, 5.74) is 4.74. The molecule has 1 aromatic heterocycles. The number of nitrogens with one attached hydrogen (secondary N) is 2. The Bertz CT molecular complexity index is 662. The van der Waals surface area contributed by atoms with Gasteiger partial charge in [-0.25, -0.2) is 0 Å². The van der Waals surface area contributed by atoms with Crippen molar-refractivity contribution in [1.82, 2.24) is 15.2 Å². The predicted molar refractivity (Wildman–Crippen MR) is 94.3 cm³/mol. The first-order chi connectivity index (χ1) is 10.9. The Hall–Kier alpha value is -2.40. The van der Waals surface area contributed by atoms with Crippen LogP contribution >= 0.6 is 0 Å². The van der Waals surface area contributed by atoms with Gasteiger partial charge in [0.2, 0.25) is 0 Å². The van der Waals surface area contributed by atoms with Crippen molar-refractivity contribution < 1.29 is 4.79 Å². The number of anilines is 2. The molecule has 23 heavy (non-hydrogen) atoms. The van der Waals surface area contributed by atoms with E-state index >= 15 is 0 Å². The van der Waals surface area contributed by atoms with Gasteiger partial charge < -0.3 is 15.5 Å². The van der Waals surface area contributed by atoms with Crippen molar-refractivity contribution in [3.05, 3.63) is 53.3 Å². The van der Waals surface area contributed by atoms with E-state index in [0.717, 1.165) is 17.9 Å². The number of hydrogen-bond donors (Lipinski definition) is 2. The van der Waals surface area contributed by atoms with E-state index < -0.39 is 0 Å². The number of hydrogen-bond acceptors (Lipinski definition) is 4. The molecule has 1 heterocycles. The van der Waals surface area contributed by atoms with Crippen LogP contribution in [0.4, 0.5) is 11.4 Å². The van der Waals surface area contributed by atoms with E-state index in [1.54, 1.807) is 12.4 Å². The van der Waals surface area contributed by atoms with Crippen LogP contribution in [0.25, 0.3) is 0 Å². The fourth-order valence-corrected chi connectivity index (χ4v) is 2.34. The Morgan fingerprint density at radius 1 is 1.04 bits per heavy atom. The number of carbonyl (C=O) groups excluding carboxylic acids is 1. The number of aromatic nitrogens is 1. The maximum Gasteiger partial charge on any atom is 0.252 e. The maximum absolute atomic E-state index is 12.1. The van der Waals surface area contributed by atoms with Crippen LogP contribution in [-0.2, 0) is 0 Å². The van der Waals surface area contributed by atoms with Crippen LogP contribution in [0.15, 0.2) is 36.7 Å². The van der Waals surface area contributed by atoms with Crippen molar-refractivity contribution in [2.75, 3.05) is 32.5 Å². The summed E-state index contributed by atoms with van der Waals surface area (Å²) < 4.78 is 0. The molecule has 0 spiro atoms. The van der Waals surface area contributed by atoms with Crippen molar-refractivity contribution >= 4 is 17.3 Å². The van der Waals surface area contributed by atoms with E-state index in [-0.39, 0.29) is 5.91 Å². The summed E-state index contributed by atoms with van der Waals surface area (Å²) in [7, 11) is 3.95. The zero-order valence-electron chi connectivity index (χ0n) is 14.2. The molecular weight excluding hydrogens is 288 g/mol. The van der Waals surface area contributed by atoms with Crippen molar-refractivity contribution in [3.63, 3.8) is 0 Å². The topological polar surface area (TPSA) is 57.3 Å². The van der Waals surface area contributed by atoms with Gasteiger partial charge >= 0.3 is 0 Å². The smallest absolute Gasteiger partial charge is 0.252 e. The molecule has 0 saturated carbocycles. The van der Waals surface area contributed by atoms with E-state index in [1.807, 2.05) is 25.1 Å². The second-order valence-electron chi connectivity index (χ2n) is 6.02. The van der Waals surface area contributed by atoms with Gasteiger partial charge in [0.05, 0.1) is 17.4 Å². The standard InChI is InChI=1S/C18H24N4O/c1-13-7-14(2)9-16(8-13)21-17-10-15(11-19-12-17)18(23)20-5-6-22(3)4/h7-12,21H,5-6H2,1-4H3,(H,20,23). The average Bonchev–Trinajstić information content (AvgIpc) is 2.46. The Kier molecular flexibility index (Phi) is 5.71. The van der Waals surface area contributed by atoms with Gasteiger partial charge in [-0.1, -0.05) is 6.07 Å². The number of rotatable bonds is 6. The molecule has 2 N–H and O–H groups in total. The first-order valence-electron chi connectivity index (χ1n) is 7.67. The van der Waals surface area contributed by atoms with Crippen LogP contribution in [0.1, 0.15) is 21.5 Å². The van der Waals surface area contributed by atoms with E-state index in [0.29, 0.717) is 12.1 Å². The number of aryl methyl sites for hydroxylation is 2. The zero-order chi connectivity index (χ0) is 16.8. The molecule has 0 saturated heterocycles. The molecule has 2 aromatic rings. The highest BCUT2D eigenvalue weighted by Gasteiger charge is 2.07. The molecule has 1 amide bonds. The van der Waals surface area contributed by atoms with E-state index in [1.165, 1.54) is 11.1 Å². The number of carbonyl (C=O) groups is 1. The molecule has 0 fully saturated rings. The molecule has 1 aromatic carbocycles. The third-order valence-electron chi connectivity index (χ3n) is 3.36. The Morgan fingerprint density at radius 3 is 2.39 bits per heavy atom. The van der Waals surface area contributed by atoms with Crippen molar-refractivity contribution in [2.24, 2.45) is 0 Å². The first-order valence-corrected chi connectivity index (χ1v) is 7.67. The highest BCUT2D eigenvalue weighted by molar-refractivity contribution is 5.94. The molecule has 0 radical (unpaired) electrons. The molecule has 0 aliphatic heterocycles. The normalized spacial score (nSPS) is 10.7. The molecule has 122 valence electrons. The third kappa shape index (κ3) is 5.38. The molecule has 5 nitrogen and oxygen atoms in total. The fraction of sp³-hybridized carbons (Fsp3) is 0.333. The second kappa shape index (κ2) is 7.74. The monoisotopic (exact) mass is 312 g/mol. The first kappa shape index (κ1) is 17.0. The Labute approximate surface area is 137 Å². The summed E-state index contributed by atoms with van der Waals surface area (Å²) in [6, 6.07) is 8.07. The fourth-order valence-electron chi connectivity index (χ4n) is 2.34. The lowest BCUT2D eigenvalue weighted by Gasteiger charge is -2.12. The largest absolute Gasteiger partial charge is 0.354 e. The third-order valence-corrected chi connectivity index (χ3v) is 3.36. The number of amides is 1. The molecule has 0 bridgehead atoms. The van der Waals surface area contributed by atoms with Gasteiger partial charge in [-0.05, 0) is 57.3 Å². The SMILES string of the molecule is Cc1cc(C)cc(Nc2cncc(C(=O)NCCN(C)C)c2)c1. The predicted octanol–water partition coefficient (Wildman–Crippen LogP) is 2.73. The molecule has 0 atom stereocenters. The number of nitrogens with zero attached hydrogens (tertiary/aromatic N) is 2. The molecular formula is C18H24N4O. The van der Waals surface area contributed by atoms with Crippen LogP contribution in [-0.4, -0.2) is 43.0 Å². The number of likely N-dealkylation sites (N-methyl/N-ethyl adjacent to an activating group) is 1. The van der Waals surface area contributed by atoms with Gasteiger partial charge in [0.25, 0.3) is 5.91 Å². The zero-order valence-corrected chi connectivity index (χ0v) is 14.2. The summed E-state index contributed by atoms with van der Waals surface area (Å²) in [6.45, 7) is 5.54. The van der Waals surface area contributed by atoms with Crippen LogP contribution in [0, 0.1) is 13.8 Å². The summed E-state index contributed by atoms with van der Waals surface area (Å²) in [4.78, 5) is 18.3. The summed E-state index contributed by atoms with van der Waals surface area (Å²) in [5.74, 6) is -0.108. The summed E-state index contributed by atoms with van der Waals surface area (Å²) in [6.07, 6.45) is 3.30. The Balaban J connectivity index is 2.05. The lowest BCUT2D eigenvalue weighted by Crippen LogP contribution is -2.31. The summed E-state index contributed by atoms with van der Waals surface area (Å²) in [5, 5.41) is 6.20. The van der Waals surface area contributed by atoms with E-state index in [2.05, 4.69) is 47.7 Å². The van der Waals surface area contributed by atoms with Gasteiger partial charge in [0.1, 0.15) is 0 Å². The molecule has 5 heteroatoms. The highest BCUT2D eigenvalue weighted by atomic mass is 16.1. The average molecular weight is 312 g/mol. The van der Waals surface area contributed by atoms with Crippen LogP contribution in [0.5, 0.6) is 0 Å². The molecule has 2 rings (SSSR count). The van der Waals surface area contributed by atoms with Crippen molar-refractivity contribution in [3.8, 4) is 0 Å². The maximum atomic E-state index is 12.1. The Morgan fingerprint density at radius 2 is 1.74 bits per heavy atom. The van der Waals surface area contributed by atoms with Crippen LogP contribution < -0.4 is 10.6 Å². The van der Waals surface area contributed by atoms with E-state index in [4.69, 9.17) is 0 Å². The minimum absolute atomic E-state index is 0.108. The van der Waals surface area contributed by atoms with Gasteiger partial charge in [0, 0.05) is 25.0 Å².